The van der Waals surface area contributed by atoms with Gasteiger partial charge in [0.05, 0.1) is 10.0 Å². The Morgan fingerprint density at radius 2 is 0.804 bits per heavy atom. The number of halogens is 5. The Labute approximate surface area is 333 Å². The zero-order valence-corrected chi connectivity index (χ0v) is 34.2. The number of carbonyl (C=O) groups is 1. The Balaban J connectivity index is 0.00000504. The predicted octanol–water partition coefficient (Wildman–Crippen LogP) is 13.0. The average Bonchev–Trinajstić information content (AvgIpc) is 3.09. The first-order valence-electron chi connectivity index (χ1n) is 16.2. The fourth-order valence-electron chi connectivity index (χ4n) is 6.23. The van der Waals surface area contributed by atoms with Crippen LogP contribution in [0.3, 0.4) is 0 Å². The van der Waals surface area contributed by atoms with E-state index in [0.717, 1.165) is 55.4 Å². The van der Waals surface area contributed by atoms with E-state index in [0.29, 0.717) is 32.3 Å². The Morgan fingerprint density at radius 3 is 1.12 bits per heavy atom. The summed E-state index contributed by atoms with van der Waals surface area (Å²) in [5.41, 5.74) is 10.1. The molecule has 6 rings (SSSR count). The first-order chi connectivity index (χ1) is 24.0. The van der Waals surface area contributed by atoms with Crippen LogP contribution in [0.1, 0.15) is 27.0 Å². The topological polar surface area (TPSA) is 23.6 Å². The summed E-state index contributed by atoms with van der Waals surface area (Å²) in [5, 5.41) is 1.04. The van der Waals surface area contributed by atoms with Gasteiger partial charge in [-0.1, -0.05) is 140 Å². The molecule has 0 saturated carbocycles. The van der Waals surface area contributed by atoms with Crippen molar-refractivity contribution in [1.82, 2.24) is 9.80 Å². The summed E-state index contributed by atoms with van der Waals surface area (Å²) < 4.78 is 1.88. The van der Waals surface area contributed by atoms with Crippen molar-refractivity contribution in [3.05, 3.63) is 163 Å². The molecule has 0 heterocycles. The second-order valence-electron chi connectivity index (χ2n) is 12.9. The second-order valence-corrected chi connectivity index (χ2v) is 15.5. The number of nitrogens with zero attached hydrogens (tertiary/aromatic N) is 2. The Kier molecular flexibility index (Phi) is 13.0. The average molecular weight is 864 g/mol. The molecule has 6 aromatic rings. The molecule has 6 aromatic carbocycles. The Morgan fingerprint density at radius 1 is 0.490 bits per heavy atom. The van der Waals surface area contributed by atoms with Gasteiger partial charge in [0.1, 0.15) is 0 Å². The zero-order valence-electron chi connectivity index (χ0n) is 28.7. The van der Waals surface area contributed by atoms with Crippen LogP contribution in [0.25, 0.3) is 44.5 Å². The van der Waals surface area contributed by atoms with E-state index in [2.05, 4.69) is 118 Å². The summed E-state index contributed by atoms with van der Waals surface area (Å²) in [6, 6.07) is 40.3. The molecule has 0 aliphatic rings. The monoisotopic (exact) mass is 860 g/mol. The quantitative estimate of drug-likeness (QED) is 0.128. The van der Waals surface area contributed by atoms with Gasteiger partial charge in [-0.15, -0.1) is 12.4 Å². The third-order valence-corrected chi connectivity index (χ3v) is 10.4. The van der Waals surface area contributed by atoms with Crippen LogP contribution in [-0.2, 0) is 13.1 Å². The van der Waals surface area contributed by atoms with Crippen LogP contribution in [0.5, 0.6) is 0 Å². The largest absolute Gasteiger partial charge is 0.305 e. The lowest BCUT2D eigenvalue weighted by molar-refractivity contribution is 0.104. The fourth-order valence-corrected chi connectivity index (χ4v) is 7.52. The van der Waals surface area contributed by atoms with Gasteiger partial charge in [0, 0.05) is 55.4 Å². The maximum absolute atomic E-state index is 14.9. The molecule has 0 unspecified atom stereocenters. The molecule has 260 valence electrons. The molecule has 0 aliphatic carbocycles. The number of hydrogen-bond acceptors (Lipinski definition) is 3. The molecule has 0 spiro atoms. The summed E-state index contributed by atoms with van der Waals surface area (Å²) in [6.45, 7) is 1.69. The van der Waals surface area contributed by atoms with Gasteiger partial charge in [-0.05, 0) is 98.0 Å². The van der Waals surface area contributed by atoms with Crippen LogP contribution in [0, 0.1) is 0 Å². The maximum atomic E-state index is 14.9. The van der Waals surface area contributed by atoms with E-state index in [1.165, 1.54) is 11.1 Å². The lowest BCUT2D eigenvalue weighted by atomic mass is 9.86. The van der Waals surface area contributed by atoms with Crippen LogP contribution in [0.15, 0.2) is 130 Å². The summed E-state index contributed by atoms with van der Waals surface area (Å²) in [7, 11) is 8.21. The van der Waals surface area contributed by atoms with Gasteiger partial charge < -0.3 is 9.80 Å². The molecule has 0 aromatic heterocycles. The van der Waals surface area contributed by atoms with E-state index in [1.54, 1.807) is 0 Å². The van der Waals surface area contributed by atoms with Crippen molar-refractivity contribution in [3.8, 4) is 44.5 Å². The van der Waals surface area contributed by atoms with Gasteiger partial charge >= 0.3 is 0 Å². The number of ketones is 1. The maximum Gasteiger partial charge on any atom is 0.194 e. The highest BCUT2D eigenvalue weighted by Crippen LogP contribution is 2.44. The van der Waals surface area contributed by atoms with E-state index in [-0.39, 0.29) is 18.2 Å². The summed E-state index contributed by atoms with van der Waals surface area (Å²) in [6.07, 6.45) is 0. The lowest BCUT2D eigenvalue weighted by Crippen LogP contribution is -2.10. The second kappa shape index (κ2) is 17.0. The Bertz CT molecular complexity index is 1990. The molecule has 0 amide bonds. The molecule has 0 aliphatic heterocycles. The summed E-state index contributed by atoms with van der Waals surface area (Å²) >= 11 is 21.8. The van der Waals surface area contributed by atoms with Crippen LogP contribution < -0.4 is 0 Å². The van der Waals surface area contributed by atoms with Crippen molar-refractivity contribution in [2.45, 2.75) is 13.1 Å². The molecule has 0 N–H and O–H groups in total. The van der Waals surface area contributed by atoms with Crippen molar-refractivity contribution < 1.29 is 4.79 Å². The number of hydrogen-bond donors (Lipinski definition) is 0. The van der Waals surface area contributed by atoms with Crippen LogP contribution >= 0.6 is 67.5 Å². The number of carbonyl (C=O) groups excluding carboxylic acids is 1. The van der Waals surface area contributed by atoms with Crippen LogP contribution in [0.2, 0.25) is 10.0 Å². The Hall–Kier alpha value is -3.26. The van der Waals surface area contributed by atoms with Gasteiger partial charge in [-0.25, -0.2) is 0 Å². The smallest absolute Gasteiger partial charge is 0.194 e. The minimum atomic E-state index is -0.162. The summed E-state index contributed by atoms with van der Waals surface area (Å²) in [5.74, 6) is -0.162. The minimum absolute atomic E-state index is 0. The minimum Gasteiger partial charge on any atom is -0.305 e. The highest BCUT2D eigenvalue weighted by atomic mass is 79.9. The van der Waals surface area contributed by atoms with Gasteiger partial charge in [0.25, 0.3) is 0 Å². The standard InChI is InChI=1S/C43H36Br2Cl2N2O.ClH/c1-48(2)25-27-5-9-29(10-6-27)35-21-23-37(39(41(35)46)31-13-17-33(44)18-14-31)43(50)38-24-22-36(30-11-7-28(8-12-30)26-49(3)4)42(47)40(38)32-15-19-34(45)20-16-32;/h5-24H,25-26H2,1-4H3;1H. The third kappa shape index (κ3) is 8.86. The van der Waals surface area contributed by atoms with Crippen LogP contribution in [0.4, 0.5) is 0 Å². The van der Waals surface area contributed by atoms with Crippen molar-refractivity contribution in [1.29, 1.82) is 0 Å². The van der Waals surface area contributed by atoms with Crippen molar-refractivity contribution in [2.75, 3.05) is 28.2 Å². The third-order valence-electron chi connectivity index (χ3n) is 8.57. The normalized spacial score (nSPS) is 11.2. The highest BCUT2D eigenvalue weighted by molar-refractivity contribution is 9.10. The first-order valence-corrected chi connectivity index (χ1v) is 18.5. The molecule has 0 atom stereocenters. The van der Waals surface area contributed by atoms with Gasteiger partial charge in [0.2, 0.25) is 0 Å². The van der Waals surface area contributed by atoms with E-state index in [9.17, 15) is 4.79 Å². The molecule has 0 fully saturated rings. The highest BCUT2D eigenvalue weighted by Gasteiger charge is 2.25. The van der Waals surface area contributed by atoms with Crippen LogP contribution in [-0.4, -0.2) is 43.8 Å². The zero-order chi connectivity index (χ0) is 35.5. The SMILES string of the molecule is CN(C)Cc1ccc(-c2ccc(C(=O)c3ccc(-c4ccc(CN(C)C)cc4)c(Cl)c3-c3ccc(Br)cc3)c(-c3ccc(Br)cc3)c2Cl)cc1.Cl. The molecular weight excluding hydrogens is 827 g/mol. The van der Waals surface area contributed by atoms with Gasteiger partial charge in [-0.3, -0.25) is 4.79 Å². The summed E-state index contributed by atoms with van der Waals surface area (Å²) in [4.78, 5) is 19.2. The van der Waals surface area contributed by atoms with E-state index < -0.39 is 0 Å². The number of rotatable bonds is 10. The van der Waals surface area contributed by atoms with Gasteiger partial charge in [0.15, 0.2) is 5.78 Å². The first kappa shape index (κ1) is 39.0. The molecule has 0 saturated heterocycles. The van der Waals surface area contributed by atoms with E-state index in [4.69, 9.17) is 23.2 Å². The van der Waals surface area contributed by atoms with Crippen molar-refractivity contribution >= 4 is 73.3 Å². The molecule has 51 heavy (non-hydrogen) atoms. The fraction of sp³-hybridized carbons (Fsp3) is 0.140. The van der Waals surface area contributed by atoms with E-state index in [1.807, 2.05) is 72.8 Å². The molecule has 3 nitrogen and oxygen atoms in total. The molecule has 0 bridgehead atoms. The number of benzene rings is 6. The molecule has 0 radical (unpaired) electrons. The lowest BCUT2D eigenvalue weighted by Gasteiger charge is -2.19. The van der Waals surface area contributed by atoms with Gasteiger partial charge in [-0.2, -0.15) is 0 Å². The van der Waals surface area contributed by atoms with E-state index >= 15 is 0 Å². The van der Waals surface area contributed by atoms with Crippen molar-refractivity contribution in [3.63, 3.8) is 0 Å². The molecular formula is C43H37Br2Cl3N2O. The molecule has 8 heteroatoms. The predicted molar refractivity (Wildman–Crippen MR) is 226 cm³/mol. The van der Waals surface area contributed by atoms with Crippen molar-refractivity contribution in [2.24, 2.45) is 0 Å².